The number of nitrogens with one attached hydrogen (secondary N) is 1. The van der Waals surface area contributed by atoms with Crippen molar-refractivity contribution < 1.29 is 4.39 Å². The smallest absolute Gasteiger partial charge is 0.274 e. The van der Waals surface area contributed by atoms with E-state index in [-0.39, 0.29) is 11.4 Å². The number of hydrogen-bond acceptors (Lipinski definition) is 4. The number of benzene rings is 1. The number of halogens is 1. The average Bonchev–Trinajstić information content (AvgIpc) is 3.02. The summed E-state index contributed by atoms with van der Waals surface area (Å²) in [6, 6.07) is 7.52. The number of aromatic amines is 1. The number of hydrogen-bond donors (Lipinski definition) is 1. The zero-order valence-electron chi connectivity index (χ0n) is 14.1. The van der Waals surface area contributed by atoms with Gasteiger partial charge in [-0.15, -0.1) is 0 Å². The Labute approximate surface area is 144 Å². The third-order valence-corrected chi connectivity index (χ3v) is 4.76. The highest BCUT2D eigenvalue weighted by Crippen LogP contribution is 2.18. The average molecular weight is 341 g/mol. The summed E-state index contributed by atoms with van der Waals surface area (Å²) in [4.78, 5) is 23.6. The van der Waals surface area contributed by atoms with Gasteiger partial charge in [0.05, 0.1) is 5.69 Å². The van der Waals surface area contributed by atoms with Crippen LogP contribution in [0.2, 0.25) is 0 Å². The molecule has 0 unspecified atom stereocenters. The fraction of sp³-hybridized carbons (Fsp3) is 0.389. The molecule has 3 aromatic rings. The van der Waals surface area contributed by atoms with Crippen molar-refractivity contribution in [2.24, 2.45) is 5.92 Å². The highest BCUT2D eigenvalue weighted by Gasteiger charge is 2.17. The Hall–Kier alpha value is -2.54. The van der Waals surface area contributed by atoms with Crippen LogP contribution in [0.3, 0.4) is 0 Å². The first kappa shape index (κ1) is 16.0. The Morgan fingerprint density at radius 3 is 2.64 bits per heavy atom. The molecule has 0 bridgehead atoms. The van der Waals surface area contributed by atoms with Crippen LogP contribution in [-0.2, 0) is 6.54 Å². The maximum atomic E-state index is 13.1. The largest absolute Gasteiger partial charge is 0.297 e. The summed E-state index contributed by atoms with van der Waals surface area (Å²) in [5.41, 5.74) is 1.25. The minimum absolute atomic E-state index is 0.189. The van der Waals surface area contributed by atoms with Crippen molar-refractivity contribution in [3.8, 4) is 11.4 Å². The van der Waals surface area contributed by atoms with Gasteiger partial charge in [0.1, 0.15) is 5.82 Å². The third-order valence-electron chi connectivity index (χ3n) is 4.76. The van der Waals surface area contributed by atoms with Crippen LogP contribution in [0.25, 0.3) is 17.2 Å². The summed E-state index contributed by atoms with van der Waals surface area (Å²) in [5.74, 6) is 1.29. The van der Waals surface area contributed by atoms with Gasteiger partial charge in [-0.25, -0.2) is 9.37 Å². The number of fused-ring (bicyclic) bond motifs is 1. The van der Waals surface area contributed by atoms with Gasteiger partial charge in [-0.2, -0.15) is 9.50 Å². The molecule has 0 radical (unpaired) electrons. The highest BCUT2D eigenvalue weighted by atomic mass is 19.1. The summed E-state index contributed by atoms with van der Waals surface area (Å²) in [5, 5.41) is 2.93. The molecule has 2 aromatic heterocycles. The molecule has 25 heavy (non-hydrogen) atoms. The Balaban J connectivity index is 1.63. The highest BCUT2D eigenvalue weighted by molar-refractivity contribution is 5.56. The van der Waals surface area contributed by atoms with Gasteiger partial charge in [0.25, 0.3) is 11.3 Å². The van der Waals surface area contributed by atoms with Crippen LogP contribution in [0.5, 0.6) is 0 Å². The van der Waals surface area contributed by atoms with E-state index in [1.807, 2.05) is 0 Å². The zero-order valence-corrected chi connectivity index (χ0v) is 14.1. The number of nitrogens with zero attached hydrogens (tertiary/aromatic N) is 4. The molecule has 0 amide bonds. The van der Waals surface area contributed by atoms with E-state index in [1.165, 1.54) is 29.5 Å². The lowest BCUT2D eigenvalue weighted by Crippen LogP contribution is -2.33. The number of piperidine rings is 1. The van der Waals surface area contributed by atoms with Crippen LogP contribution >= 0.6 is 0 Å². The van der Waals surface area contributed by atoms with Gasteiger partial charge in [-0.05, 0) is 56.1 Å². The maximum absolute atomic E-state index is 13.1. The van der Waals surface area contributed by atoms with Crippen LogP contribution in [0.15, 0.2) is 35.1 Å². The Morgan fingerprint density at radius 1 is 1.20 bits per heavy atom. The number of aromatic nitrogens is 4. The lowest BCUT2D eigenvalue weighted by Gasteiger charge is -2.29. The first-order chi connectivity index (χ1) is 12.1. The molecule has 0 atom stereocenters. The van der Waals surface area contributed by atoms with Crippen LogP contribution in [-0.4, -0.2) is 37.6 Å². The molecular weight excluding hydrogens is 321 g/mol. The Morgan fingerprint density at radius 2 is 1.92 bits per heavy atom. The van der Waals surface area contributed by atoms with Crippen molar-refractivity contribution in [2.45, 2.75) is 26.3 Å². The van der Waals surface area contributed by atoms with Crippen LogP contribution in [0.1, 0.15) is 25.5 Å². The monoisotopic (exact) mass is 341 g/mol. The van der Waals surface area contributed by atoms with Crippen molar-refractivity contribution in [1.29, 1.82) is 0 Å². The molecule has 1 saturated heterocycles. The maximum Gasteiger partial charge on any atom is 0.274 e. The van der Waals surface area contributed by atoms with E-state index in [4.69, 9.17) is 0 Å². The van der Waals surface area contributed by atoms with Crippen molar-refractivity contribution in [1.82, 2.24) is 24.5 Å². The summed E-state index contributed by atoms with van der Waals surface area (Å²) in [6.45, 7) is 5.00. The van der Waals surface area contributed by atoms with Crippen LogP contribution in [0.4, 0.5) is 4.39 Å². The Kier molecular flexibility index (Phi) is 4.09. The molecule has 1 aromatic carbocycles. The molecule has 0 saturated carbocycles. The van der Waals surface area contributed by atoms with Gasteiger partial charge in [0.15, 0.2) is 5.82 Å². The fourth-order valence-electron chi connectivity index (χ4n) is 3.19. The molecule has 3 heterocycles. The SMILES string of the molecule is CC1CCN(Cc2cc(=O)n3[nH]c(-c4ccc(F)cc4)nc3n2)CC1. The van der Waals surface area contributed by atoms with E-state index in [9.17, 15) is 9.18 Å². The molecule has 7 heteroatoms. The number of H-pyrrole nitrogens is 1. The third kappa shape index (κ3) is 3.32. The lowest BCUT2D eigenvalue weighted by molar-refractivity contribution is 0.183. The molecule has 1 N–H and O–H groups in total. The first-order valence-electron chi connectivity index (χ1n) is 8.55. The minimum Gasteiger partial charge on any atom is -0.297 e. The molecule has 1 aliphatic rings. The molecule has 4 rings (SSSR count). The molecular formula is C18H20FN5O. The number of likely N-dealkylation sites (tertiary alicyclic amines) is 1. The van der Waals surface area contributed by atoms with E-state index in [2.05, 4.69) is 26.9 Å². The summed E-state index contributed by atoms with van der Waals surface area (Å²) in [7, 11) is 0. The lowest BCUT2D eigenvalue weighted by atomic mass is 9.99. The predicted octanol–water partition coefficient (Wildman–Crippen LogP) is 2.46. The summed E-state index contributed by atoms with van der Waals surface area (Å²) >= 11 is 0. The van der Waals surface area contributed by atoms with Gasteiger partial charge in [-0.1, -0.05) is 6.92 Å². The summed E-state index contributed by atoms with van der Waals surface area (Å²) in [6.07, 6.45) is 2.36. The molecule has 6 nitrogen and oxygen atoms in total. The normalized spacial score (nSPS) is 16.6. The quantitative estimate of drug-likeness (QED) is 0.795. The van der Waals surface area contributed by atoms with E-state index in [0.29, 0.717) is 23.7 Å². The number of rotatable bonds is 3. The second-order valence-electron chi connectivity index (χ2n) is 6.76. The van der Waals surface area contributed by atoms with Gasteiger partial charge < -0.3 is 0 Å². The van der Waals surface area contributed by atoms with E-state index in [0.717, 1.165) is 24.7 Å². The molecule has 130 valence electrons. The standard InChI is InChI=1S/C18H20FN5O/c1-12-6-8-23(9-7-12)11-15-10-16(25)24-18(20-15)21-17(22-24)13-2-4-14(19)5-3-13/h2-5,10,12H,6-9,11H2,1H3,(H,20,21,22). The topological polar surface area (TPSA) is 66.3 Å². The zero-order chi connectivity index (χ0) is 17.4. The molecule has 1 fully saturated rings. The van der Waals surface area contributed by atoms with Crippen molar-refractivity contribution in [2.75, 3.05) is 13.1 Å². The first-order valence-corrected chi connectivity index (χ1v) is 8.55. The predicted molar refractivity (Wildman–Crippen MR) is 92.7 cm³/mol. The Bertz CT molecular complexity index is 938. The minimum atomic E-state index is -0.312. The van der Waals surface area contributed by atoms with Gasteiger partial charge in [-0.3, -0.25) is 14.8 Å². The summed E-state index contributed by atoms with van der Waals surface area (Å²) < 4.78 is 14.4. The van der Waals surface area contributed by atoms with Crippen molar-refractivity contribution in [3.63, 3.8) is 0 Å². The molecule has 1 aliphatic heterocycles. The fourth-order valence-corrected chi connectivity index (χ4v) is 3.19. The van der Waals surface area contributed by atoms with Gasteiger partial charge in [0.2, 0.25) is 0 Å². The van der Waals surface area contributed by atoms with Crippen LogP contribution < -0.4 is 5.56 Å². The van der Waals surface area contributed by atoms with Crippen molar-refractivity contribution >= 4 is 5.78 Å². The van der Waals surface area contributed by atoms with E-state index >= 15 is 0 Å². The molecule has 0 aliphatic carbocycles. The second-order valence-corrected chi connectivity index (χ2v) is 6.76. The molecule has 0 spiro atoms. The van der Waals surface area contributed by atoms with E-state index in [1.54, 1.807) is 18.2 Å². The van der Waals surface area contributed by atoms with E-state index < -0.39 is 0 Å². The second kappa shape index (κ2) is 6.40. The van der Waals surface area contributed by atoms with Crippen LogP contribution in [0, 0.1) is 11.7 Å². The van der Waals surface area contributed by atoms with Gasteiger partial charge in [0, 0.05) is 18.2 Å². The van der Waals surface area contributed by atoms with Crippen molar-refractivity contribution in [3.05, 3.63) is 52.2 Å². The van der Waals surface area contributed by atoms with Gasteiger partial charge >= 0.3 is 0 Å².